The second-order valence-electron chi connectivity index (χ2n) is 10.1. The Hall–Kier alpha value is -4.19. The molecule has 0 saturated carbocycles. The molecule has 6 heteroatoms. The third-order valence-electron chi connectivity index (χ3n) is 7.04. The zero-order valence-corrected chi connectivity index (χ0v) is 22.4. The molecule has 5 rings (SSSR count). The molecule has 0 saturated heterocycles. The highest BCUT2D eigenvalue weighted by Crippen LogP contribution is 2.31. The highest BCUT2D eigenvalue weighted by atomic mass is 16.5. The predicted molar refractivity (Wildman–Crippen MR) is 155 cm³/mol. The summed E-state index contributed by atoms with van der Waals surface area (Å²) in [7, 11) is 0. The molecule has 194 valence electrons. The van der Waals surface area contributed by atoms with E-state index in [-0.39, 0.29) is 6.17 Å². The summed E-state index contributed by atoms with van der Waals surface area (Å²) in [4.78, 5) is 21.5. The predicted octanol–water partition coefficient (Wildman–Crippen LogP) is 7.35. The minimum Gasteiger partial charge on any atom is -0.325 e. The van der Waals surface area contributed by atoms with Crippen molar-refractivity contribution in [1.29, 1.82) is 0 Å². The molecule has 38 heavy (non-hydrogen) atoms. The largest absolute Gasteiger partial charge is 0.439 e. The minimum atomic E-state index is -0.560. The molecule has 0 aliphatic carbocycles. The van der Waals surface area contributed by atoms with Crippen LogP contribution in [0.4, 0.5) is 5.69 Å². The van der Waals surface area contributed by atoms with E-state index in [1.54, 1.807) is 0 Å². The van der Waals surface area contributed by atoms with Crippen molar-refractivity contribution in [1.82, 2.24) is 10.1 Å². The normalized spacial score (nSPS) is 15.5. The smallest absolute Gasteiger partial charge is 0.325 e. The quantitative estimate of drug-likeness (QED) is 0.271. The second kappa shape index (κ2) is 11.1. The summed E-state index contributed by atoms with van der Waals surface area (Å²) in [5, 5.41) is 3.88. The summed E-state index contributed by atoms with van der Waals surface area (Å²) in [6.07, 6.45) is 5.19. The molecule has 6 nitrogen and oxygen atoms in total. The zero-order valence-electron chi connectivity index (χ0n) is 22.4. The van der Waals surface area contributed by atoms with E-state index in [1.807, 2.05) is 24.3 Å². The van der Waals surface area contributed by atoms with Crippen molar-refractivity contribution in [2.24, 2.45) is 4.99 Å². The summed E-state index contributed by atoms with van der Waals surface area (Å²) < 4.78 is 4.73. The van der Waals surface area contributed by atoms with Crippen molar-refractivity contribution in [3.8, 4) is 22.5 Å². The number of benzene rings is 3. The number of allylic oxidation sites excluding steroid dienone is 1. The van der Waals surface area contributed by atoms with Crippen molar-refractivity contribution >= 4 is 11.4 Å². The van der Waals surface area contributed by atoms with E-state index in [4.69, 9.17) is 9.52 Å². The number of aromatic nitrogens is 2. The van der Waals surface area contributed by atoms with E-state index in [9.17, 15) is 4.79 Å². The lowest BCUT2D eigenvalue weighted by atomic mass is 9.94. The van der Waals surface area contributed by atoms with Gasteiger partial charge in [0.1, 0.15) is 6.17 Å². The number of hydrogen-bond donors (Lipinski definition) is 1. The average molecular weight is 507 g/mol. The Kier molecular flexibility index (Phi) is 7.40. The molecule has 1 aliphatic heterocycles. The number of hydrogen-bond acceptors (Lipinski definition) is 5. The van der Waals surface area contributed by atoms with Gasteiger partial charge >= 0.3 is 5.76 Å². The molecule has 0 spiro atoms. The molecule has 1 unspecified atom stereocenters. The van der Waals surface area contributed by atoms with Crippen LogP contribution >= 0.6 is 0 Å². The van der Waals surface area contributed by atoms with Gasteiger partial charge in [-0.3, -0.25) is 14.5 Å². The van der Waals surface area contributed by atoms with Gasteiger partial charge in [0.25, 0.3) is 0 Å². The summed E-state index contributed by atoms with van der Waals surface area (Å²) in [6.45, 7) is 8.80. The fourth-order valence-electron chi connectivity index (χ4n) is 4.96. The van der Waals surface area contributed by atoms with E-state index in [0.29, 0.717) is 11.7 Å². The Morgan fingerprint density at radius 3 is 2.32 bits per heavy atom. The molecule has 0 amide bonds. The van der Waals surface area contributed by atoms with E-state index in [0.717, 1.165) is 41.6 Å². The topological polar surface area (TPSA) is 74.5 Å². The van der Waals surface area contributed by atoms with Gasteiger partial charge in [-0.1, -0.05) is 93.0 Å². The molecule has 4 aromatic rings. The molecule has 1 aliphatic rings. The lowest BCUT2D eigenvalue weighted by molar-refractivity contribution is 0.388. The molecule has 0 radical (unpaired) electrons. The van der Waals surface area contributed by atoms with Crippen LogP contribution in [0.25, 0.3) is 22.5 Å². The van der Waals surface area contributed by atoms with Gasteiger partial charge in [0.15, 0.2) is 5.82 Å². The van der Waals surface area contributed by atoms with E-state index < -0.39 is 5.76 Å². The fourth-order valence-corrected chi connectivity index (χ4v) is 4.96. The number of aromatic amines is 1. The van der Waals surface area contributed by atoms with Crippen molar-refractivity contribution in [2.45, 2.75) is 59.0 Å². The second-order valence-corrected chi connectivity index (χ2v) is 10.1. The minimum absolute atomic E-state index is 0.0621. The van der Waals surface area contributed by atoms with Crippen LogP contribution in [0.2, 0.25) is 0 Å². The van der Waals surface area contributed by atoms with E-state index in [2.05, 4.69) is 97.5 Å². The Morgan fingerprint density at radius 2 is 1.68 bits per heavy atom. The van der Waals surface area contributed by atoms with E-state index in [1.165, 1.54) is 22.4 Å². The maximum Gasteiger partial charge on any atom is 0.439 e. The fraction of sp³-hybridized carbons (Fsp3) is 0.281. The van der Waals surface area contributed by atoms with E-state index >= 15 is 0 Å². The molecule has 2 heterocycles. The van der Waals surface area contributed by atoms with Gasteiger partial charge < -0.3 is 4.90 Å². The van der Waals surface area contributed by atoms with Crippen LogP contribution in [0.1, 0.15) is 57.6 Å². The van der Waals surface area contributed by atoms with Crippen molar-refractivity contribution in [2.75, 3.05) is 4.90 Å². The summed E-state index contributed by atoms with van der Waals surface area (Å²) >= 11 is 0. The number of nitrogens with zero attached hydrogens (tertiary/aromatic N) is 3. The number of anilines is 1. The van der Waals surface area contributed by atoms with Crippen LogP contribution < -0.4 is 10.7 Å². The zero-order chi connectivity index (χ0) is 26.6. The van der Waals surface area contributed by atoms with Gasteiger partial charge in [-0.05, 0) is 59.2 Å². The Labute approximate surface area is 223 Å². The Balaban J connectivity index is 1.41. The lowest BCUT2D eigenvalue weighted by Gasteiger charge is -2.32. The van der Waals surface area contributed by atoms with Crippen LogP contribution in [-0.2, 0) is 6.42 Å². The maximum atomic E-state index is 11.5. The number of aliphatic imine (C=N–C) groups is 1. The summed E-state index contributed by atoms with van der Waals surface area (Å²) in [5.74, 6) is 0.379. The molecule has 1 atom stereocenters. The lowest BCUT2D eigenvalue weighted by Crippen LogP contribution is -2.33. The first kappa shape index (κ1) is 25.5. The van der Waals surface area contributed by atoms with Crippen LogP contribution in [-0.4, -0.2) is 22.0 Å². The Bertz CT molecular complexity index is 1510. The summed E-state index contributed by atoms with van der Waals surface area (Å²) in [6, 6.07) is 25.3. The summed E-state index contributed by atoms with van der Waals surface area (Å²) in [5.41, 5.74) is 9.04. The first-order valence-electron chi connectivity index (χ1n) is 13.3. The van der Waals surface area contributed by atoms with Gasteiger partial charge in [0, 0.05) is 29.6 Å². The van der Waals surface area contributed by atoms with Gasteiger partial charge in [-0.15, -0.1) is 0 Å². The van der Waals surface area contributed by atoms with Gasteiger partial charge in [-0.2, -0.15) is 0 Å². The van der Waals surface area contributed by atoms with Crippen molar-refractivity contribution in [3.63, 3.8) is 0 Å². The highest BCUT2D eigenvalue weighted by molar-refractivity contribution is 6.02. The monoisotopic (exact) mass is 506 g/mol. The molecule has 1 N–H and O–H groups in total. The van der Waals surface area contributed by atoms with Crippen LogP contribution in [0.3, 0.4) is 0 Å². The molecule has 0 fully saturated rings. The molecular weight excluding hydrogens is 472 g/mol. The molecule has 0 bridgehead atoms. The van der Waals surface area contributed by atoms with Gasteiger partial charge in [0.05, 0.1) is 0 Å². The molecule has 1 aromatic heterocycles. The van der Waals surface area contributed by atoms with Gasteiger partial charge in [-0.25, -0.2) is 4.79 Å². The number of H-pyrrole nitrogens is 1. The molecular formula is C32H34N4O2. The number of rotatable bonds is 8. The third-order valence-corrected chi connectivity index (χ3v) is 7.04. The number of nitrogens with one attached hydrogen (secondary N) is 1. The van der Waals surface area contributed by atoms with Crippen LogP contribution in [0, 0.1) is 0 Å². The molecule has 3 aromatic carbocycles. The maximum absolute atomic E-state index is 11.5. The standard InChI is InChI=1S/C32H34N4O2/c1-5-8-30-26(20-36(22(4)33-30)27-17-15-24(16-18-27)21(2)3)19-23-11-13-25(14-12-23)28-9-6-7-10-29(28)31-34-32(37)38-35-31/h6-7,9-18,20-22H,5,8,19H2,1-4H3,(H,34,35,37). The first-order chi connectivity index (χ1) is 18.4. The third kappa shape index (κ3) is 5.40. The average Bonchev–Trinajstić information content (AvgIpc) is 3.37. The van der Waals surface area contributed by atoms with Crippen LogP contribution in [0.15, 0.2) is 98.9 Å². The van der Waals surface area contributed by atoms with Crippen molar-refractivity contribution in [3.05, 3.63) is 106 Å². The van der Waals surface area contributed by atoms with Gasteiger partial charge in [0.2, 0.25) is 0 Å². The highest BCUT2D eigenvalue weighted by Gasteiger charge is 2.21. The first-order valence-corrected chi connectivity index (χ1v) is 13.3. The Morgan fingerprint density at radius 1 is 0.974 bits per heavy atom. The van der Waals surface area contributed by atoms with Crippen LogP contribution in [0.5, 0.6) is 0 Å². The van der Waals surface area contributed by atoms with Crippen molar-refractivity contribution < 1.29 is 4.52 Å². The SMILES string of the molecule is CCCC1=NC(C)N(c2ccc(C(C)C)cc2)C=C1Cc1ccc(-c2ccccc2-c2noc(=O)[nH]2)cc1.